The van der Waals surface area contributed by atoms with E-state index in [2.05, 4.69) is 5.32 Å². The number of hydrogen-bond acceptors (Lipinski definition) is 4. The number of ether oxygens (including phenoxy) is 1. The van der Waals surface area contributed by atoms with E-state index in [0.29, 0.717) is 24.7 Å². The number of hydrogen-bond donors (Lipinski definition) is 1. The van der Waals surface area contributed by atoms with Crippen molar-refractivity contribution in [1.82, 2.24) is 5.32 Å². The third-order valence-corrected chi connectivity index (χ3v) is 9.09. The quantitative estimate of drug-likeness (QED) is 0.572. The van der Waals surface area contributed by atoms with Crippen molar-refractivity contribution in [2.45, 2.75) is 66.1 Å². The summed E-state index contributed by atoms with van der Waals surface area (Å²) in [6.07, 6.45) is -4.07. The van der Waals surface area contributed by atoms with Crippen molar-refractivity contribution in [3.63, 3.8) is 0 Å². The van der Waals surface area contributed by atoms with Crippen LogP contribution in [0.4, 0.5) is 17.6 Å². The molecule has 34 heavy (non-hydrogen) atoms. The average molecular weight is 500 g/mol. The second-order valence-corrected chi connectivity index (χ2v) is 11.2. The standard InChI is InChI=1S/C24H25F4NO4S/c1-33-19-7-5-16(6-8-19)22(13-14-22)21(30)29-18-9-11-23(25,12-10-18)34(31,32)20-4-2-3-17(15-20)24(26,27)28/h2-8,15,18H,9-14H2,1H3,(H,29,30). The summed E-state index contributed by atoms with van der Waals surface area (Å²) in [4.78, 5) is 12.3. The molecule has 0 saturated heterocycles. The Morgan fingerprint density at radius 3 is 2.18 bits per heavy atom. The molecular weight excluding hydrogens is 474 g/mol. The van der Waals surface area contributed by atoms with Crippen molar-refractivity contribution in [1.29, 1.82) is 0 Å². The molecule has 2 saturated carbocycles. The van der Waals surface area contributed by atoms with Gasteiger partial charge in [0, 0.05) is 6.04 Å². The topological polar surface area (TPSA) is 72.5 Å². The van der Waals surface area contributed by atoms with Crippen LogP contribution < -0.4 is 10.1 Å². The molecule has 0 heterocycles. The largest absolute Gasteiger partial charge is 0.497 e. The maximum absolute atomic E-state index is 15.6. The summed E-state index contributed by atoms with van der Waals surface area (Å²) < 4.78 is 85.5. The van der Waals surface area contributed by atoms with E-state index in [9.17, 15) is 26.4 Å². The summed E-state index contributed by atoms with van der Waals surface area (Å²) in [5.41, 5.74) is -0.944. The van der Waals surface area contributed by atoms with Crippen LogP contribution in [0.3, 0.4) is 0 Å². The van der Waals surface area contributed by atoms with Crippen LogP contribution in [-0.2, 0) is 26.2 Å². The first-order valence-electron chi connectivity index (χ1n) is 11.0. The summed E-state index contributed by atoms with van der Waals surface area (Å²) in [5.74, 6) is 0.489. The van der Waals surface area contributed by atoms with Gasteiger partial charge in [0.15, 0.2) is 0 Å². The molecule has 0 atom stereocenters. The van der Waals surface area contributed by atoms with Gasteiger partial charge in [0.25, 0.3) is 0 Å². The van der Waals surface area contributed by atoms with E-state index >= 15 is 4.39 Å². The van der Waals surface area contributed by atoms with Crippen molar-refractivity contribution in [3.8, 4) is 5.75 Å². The number of alkyl halides is 4. The van der Waals surface area contributed by atoms with Crippen LogP contribution in [0.25, 0.3) is 0 Å². The molecule has 0 unspecified atom stereocenters. The molecule has 4 rings (SSSR count). The van der Waals surface area contributed by atoms with Crippen molar-refractivity contribution >= 4 is 15.7 Å². The number of sulfone groups is 1. The molecule has 1 amide bonds. The average Bonchev–Trinajstić information content (AvgIpc) is 3.62. The molecule has 0 radical (unpaired) electrons. The number of benzene rings is 2. The van der Waals surface area contributed by atoms with Crippen LogP contribution in [0, 0.1) is 0 Å². The highest BCUT2D eigenvalue weighted by atomic mass is 32.2. The molecular formula is C24H25F4NO4S. The van der Waals surface area contributed by atoms with Gasteiger partial charge >= 0.3 is 6.18 Å². The minimum atomic E-state index is -4.74. The Morgan fingerprint density at radius 2 is 1.65 bits per heavy atom. The maximum atomic E-state index is 15.6. The van der Waals surface area contributed by atoms with E-state index in [-0.39, 0.29) is 18.7 Å². The molecule has 0 bridgehead atoms. The third kappa shape index (κ3) is 4.39. The Hall–Kier alpha value is -2.62. The van der Waals surface area contributed by atoms with E-state index in [4.69, 9.17) is 4.74 Å². The molecule has 2 aliphatic carbocycles. The Balaban J connectivity index is 1.43. The fraction of sp³-hybridized carbons (Fsp3) is 0.458. The smallest absolute Gasteiger partial charge is 0.416 e. The first kappa shape index (κ1) is 24.5. The summed E-state index contributed by atoms with van der Waals surface area (Å²) in [7, 11) is -3.10. The first-order chi connectivity index (χ1) is 15.9. The van der Waals surface area contributed by atoms with Gasteiger partial charge in [0.2, 0.25) is 20.7 Å². The highest BCUT2D eigenvalue weighted by molar-refractivity contribution is 7.92. The number of carbonyl (C=O) groups excluding carboxylic acids is 1. The van der Waals surface area contributed by atoms with Gasteiger partial charge in [-0.3, -0.25) is 4.79 Å². The van der Waals surface area contributed by atoms with Gasteiger partial charge in [-0.2, -0.15) is 13.2 Å². The van der Waals surface area contributed by atoms with Gasteiger partial charge in [-0.25, -0.2) is 12.8 Å². The zero-order valence-corrected chi connectivity index (χ0v) is 19.3. The molecule has 1 N–H and O–H groups in total. The highest BCUT2D eigenvalue weighted by Crippen LogP contribution is 2.49. The molecule has 0 spiro atoms. The molecule has 184 valence electrons. The van der Waals surface area contributed by atoms with Crippen LogP contribution in [0.1, 0.15) is 49.7 Å². The number of amides is 1. The summed E-state index contributed by atoms with van der Waals surface area (Å²) >= 11 is 0. The van der Waals surface area contributed by atoms with Crippen LogP contribution in [0.5, 0.6) is 5.75 Å². The normalized spacial score (nSPS) is 24.3. The van der Waals surface area contributed by atoms with E-state index in [1.807, 2.05) is 12.1 Å². The summed E-state index contributed by atoms with van der Waals surface area (Å²) in [6.45, 7) is 0. The van der Waals surface area contributed by atoms with Crippen molar-refractivity contribution in [3.05, 3.63) is 59.7 Å². The molecule has 2 aromatic carbocycles. The number of methoxy groups -OCH3 is 1. The minimum Gasteiger partial charge on any atom is -0.497 e. The number of rotatable bonds is 6. The van der Waals surface area contributed by atoms with E-state index < -0.39 is 55.8 Å². The Kier molecular flexibility index (Phi) is 6.16. The van der Waals surface area contributed by atoms with Gasteiger partial charge in [-0.1, -0.05) is 18.2 Å². The summed E-state index contributed by atoms with van der Waals surface area (Å²) in [5, 5.41) is 0.237. The SMILES string of the molecule is COc1ccc(C2(C(=O)NC3CCC(F)(S(=O)(=O)c4cccc(C(F)(F)F)c4)CC3)CC2)cc1. The third-order valence-electron chi connectivity index (χ3n) is 6.85. The predicted octanol–water partition coefficient (Wildman–Crippen LogP) is 4.94. The van der Waals surface area contributed by atoms with E-state index in [1.165, 1.54) is 0 Å². The van der Waals surface area contributed by atoms with Gasteiger partial charge < -0.3 is 10.1 Å². The molecule has 10 heteroatoms. The lowest BCUT2D eigenvalue weighted by Gasteiger charge is -2.34. The van der Waals surface area contributed by atoms with Crippen molar-refractivity contribution in [2.24, 2.45) is 0 Å². The van der Waals surface area contributed by atoms with Gasteiger partial charge in [-0.05, 0) is 74.4 Å². The second-order valence-electron chi connectivity index (χ2n) is 8.97. The number of nitrogens with one attached hydrogen (secondary N) is 1. The van der Waals surface area contributed by atoms with Gasteiger partial charge in [0.1, 0.15) is 5.75 Å². The fourth-order valence-electron chi connectivity index (χ4n) is 4.52. The minimum absolute atomic E-state index is 0.0686. The van der Waals surface area contributed by atoms with E-state index in [1.54, 1.807) is 19.2 Å². The van der Waals surface area contributed by atoms with Crippen LogP contribution in [0.2, 0.25) is 0 Å². The van der Waals surface area contributed by atoms with Crippen LogP contribution >= 0.6 is 0 Å². The zero-order chi connectivity index (χ0) is 24.8. The van der Waals surface area contributed by atoms with Crippen molar-refractivity contribution in [2.75, 3.05) is 7.11 Å². The maximum Gasteiger partial charge on any atom is 0.416 e. The van der Waals surface area contributed by atoms with E-state index in [0.717, 1.165) is 23.8 Å². The van der Waals surface area contributed by atoms with Crippen LogP contribution in [-0.4, -0.2) is 32.5 Å². The molecule has 5 nitrogen and oxygen atoms in total. The summed E-state index contributed by atoms with van der Waals surface area (Å²) in [6, 6.07) is 9.96. The van der Waals surface area contributed by atoms with Gasteiger partial charge in [0.05, 0.1) is 23.0 Å². The molecule has 2 aliphatic rings. The number of carbonyl (C=O) groups is 1. The lowest BCUT2D eigenvalue weighted by molar-refractivity contribution is -0.137. The van der Waals surface area contributed by atoms with Crippen LogP contribution in [0.15, 0.2) is 53.4 Å². The molecule has 2 fully saturated rings. The zero-order valence-electron chi connectivity index (χ0n) is 18.5. The molecule has 0 aromatic heterocycles. The first-order valence-corrected chi connectivity index (χ1v) is 12.5. The van der Waals surface area contributed by atoms with Gasteiger partial charge in [-0.15, -0.1) is 0 Å². The fourth-order valence-corrected chi connectivity index (χ4v) is 6.25. The lowest BCUT2D eigenvalue weighted by atomic mass is 9.90. The molecule has 2 aromatic rings. The van der Waals surface area contributed by atoms with Crippen molar-refractivity contribution < 1.29 is 35.5 Å². The Morgan fingerprint density at radius 1 is 1.03 bits per heavy atom. The number of halogens is 4. The predicted molar refractivity (Wildman–Crippen MR) is 117 cm³/mol. The molecule has 0 aliphatic heterocycles. The monoisotopic (exact) mass is 499 g/mol. The highest BCUT2D eigenvalue weighted by Gasteiger charge is 2.53. The lowest BCUT2D eigenvalue weighted by Crippen LogP contribution is -2.47. The Bertz CT molecular complexity index is 1170. The second kappa shape index (κ2) is 8.55. The Labute approximate surface area is 195 Å².